The van der Waals surface area contributed by atoms with Crippen molar-refractivity contribution in [3.63, 3.8) is 0 Å². The number of aromatic nitrogens is 4. The van der Waals surface area contributed by atoms with Crippen LogP contribution in [0, 0.1) is 6.92 Å². The molecule has 0 unspecified atom stereocenters. The van der Waals surface area contributed by atoms with Gasteiger partial charge in [0.2, 0.25) is 0 Å². The van der Waals surface area contributed by atoms with Gasteiger partial charge in [-0.2, -0.15) is 0 Å². The number of rotatable bonds is 6. The highest BCUT2D eigenvalue weighted by Gasteiger charge is 2.23. The summed E-state index contributed by atoms with van der Waals surface area (Å²) in [6.07, 6.45) is 8.12. The first-order valence-electron chi connectivity index (χ1n) is 9.29. The fraction of sp³-hybridized carbons (Fsp3) is 0.632. The van der Waals surface area contributed by atoms with Crippen molar-refractivity contribution in [2.75, 3.05) is 31.6 Å². The maximum absolute atomic E-state index is 4.79. The molecule has 0 saturated carbocycles. The number of aryl methyl sites for hydroxylation is 1. The Labute approximate surface area is 150 Å². The van der Waals surface area contributed by atoms with Crippen molar-refractivity contribution >= 4 is 5.82 Å². The number of piperidine rings is 1. The second-order valence-electron chi connectivity index (χ2n) is 7.38. The molecule has 25 heavy (non-hydrogen) atoms. The van der Waals surface area contributed by atoms with E-state index in [0.717, 1.165) is 43.5 Å². The molecule has 0 atom stereocenters. The second kappa shape index (κ2) is 7.95. The smallest absolute Gasteiger partial charge is 0.133 e. The molecule has 2 aromatic heterocycles. The molecule has 0 spiro atoms. The zero-order valence-corrected chi connectivity index (χ0v) is 15.9. The van der Waals surface area contributed by atoms with Crippen molar-refractivity contribution in [2.24, 2.45) is 0 Å². The summed E-state index contributed by atoms with van der Waals surface area (Å²) in [6, 6.07) is 2.77. The molecule has 6 heteroatoms. The molecule has 0 amide bonds. The van der Waals surface area contributed by atoms with Crippen molar-refractivity contribution in [3.8, 4) is 0 Å². The summed E-state index contributed by atoms with van der Waals surface area (Å²) in [4.78, 5) is 18.4. The zero-order chi connectivity index (χ0) is 17.8. The molecule has 3 rings (SSSR count). The highest BCUT2D eigenvalue weighted by Crippen LogP contribution is 2.22. The van der Waals surface area contributed by atoms with Gasteiger partial charge in [-0.05, 0) is 26.8 Å². The molecule has 1 fully saturated rings. The van der Waals surface area contributed by atoms with Gasteiger partial charge in [0.1, 0.15) is 11.6 Å². The van der Waals surface area contributed by atoms with Gasteiger partial charge >= 0.3 is 0 Å². The zero-order valence-electron chi connectivity index (χ0n) is 15.9. The molecule has 1 saturated heterocycles. The van der Waals surface area contributed by atoms with Crippen LogP contribution in [0.5, 0.6) is 0 Å². The lowest BCUT2D eigenvalue weighted by atomic mass is 10.0. The van der Waals surface area contributed by atoms with Crippen molar-refractivity contribution < 1.29 is 0 Å². The normalized spacial score (nSPS) is 16.2. The Morgan fingerprint density at radius 1 is 1.24 bits per heavy atom. The van der Waals surface area contributed by atoms with E-state index in [4.69, 9.17) is 4.98 Å². The summed E-state index contributed by atoms with van der Waals surface area (Å²) in [5, 5.41) is 0. The Kier molecular flexibility index (Phi) is 5.68. The number of hydrogen-bond donors (Lipinski definition) is 0. The van der Waals surface area contributed by atoms with Crippen molar-refractivity contribution in [3.05, 3.63) is 36.3 Å². The van der Waals surface area contributed by atoms with Crippen LogP contribution in [0.1, 0.15) is 44.1 Å². The van der Waals surface area contributed by atoms with Crippen LogP contribution in [0.3, 0.4) is 0 Å². The van der Waals surface area contributed by atoms with Gasteiger partial charge in [-0.1, -0.05) is 13.8 Å². The molecule has 1 aliphatic heterocycles. The second-order valence-corrected chi connectivity index (χ2v) is 7.38. The fourth-order valence-corrected chi connectivity index (χ4v) is 3.41. The first-order valence-corrected chi connectivity index (χ1v) is 9.29. The maximum atomic E-state index is 4.79. The van der Waals surface area contributed by atoms with Crippen molar-refractivity contribution in [1.29, 1.82) is 0 Å². The average Bonchev–Trinajstić information content (AvgIpc) is 3.13. The van der Waals surface area contributed by atoms with Gasteiger partial charge in [0.05, 0.1) is 6.33 Å². The third-order valence-corrected chi connectivity index (χ3v) is 5.06. The lowest BCUT2D eigenvalue weighted by Crippen LogP contribution is -2.44. The van der Waals surface area contributed by atoms with Gasteiger partial charge in [-0.15, -0.1) is 0 Å². The number of hydrogen-bond acceptors (Lipinski definition) is 5. The van der Waals surface area contributed by atoms with E-state index in [-0.39, 0.29) is 0 Å². The summed E-state index contributed by atoms with van der Waals surface area (Å²) >= 11 is 0. The van der Waals surface area contributed by atoms with Crippen molar-refractivity contribution in [1.82, 2.24) is 24.4 Å². The number of imidazole rings is 1. The summed E-state index contributed by atoms with van der Waals surface area (Å²) in [6.45, 7) is 10.6. The molecule has 2 aromatic rings. The highest BCUT2D eigenvalue weighted by atomic mass is 15.2. The van der Waals surface area contributed by atoms with Crippen LogP contribution in [0.4, 0.5) is 5.82 Å². The molecule has 3 heterocycles. The lowest BCUT2D eigenvalue weighted by Gasteiger charge is -2.37. The minimum Gasteiger partial charge on any atom is -0.356 e. The standard InChI is InChI=1S/C19H30N6/c1-15(2)19-21-16(3)13-18(22-19)25-8-5-17(6-9-25)23(4)11-12-24-10-7-20-14-24/h7,10,13-15,17H,5-6,8-9,11-12H2,1-4H3. The third kappa shape index (κ3) is 4.57. The van der Waals surface area contributed by atoms with Gasteiger partial charge < -0.3 is 14.4 Å². The van der Waals surface area contributed by atoms with Gasteiger partial charge in [-0.3, -0.25) is 0 Å². The Morgan fingerprint density at radius 2 is 2.00 bits per heavy atom. The highest BCUT2D eigenvalue weighted by molar-refractivity contribution is 5.40. The van der Waals surface area contributed by atoms with E-state index in [2.05, 4.69) is 58.2 Å². The molecule has 0 N–H and O–H groups in total. The molecule has 1 aliphatic rings. The SMILES string of the molecule is Cc1cc(N2CCC(N(C)CCn3ccnc3)CC2)nc(C(C)C)n1. The van der Waals surface area contributed by atoms with Crippen LogP contribution in [0.15, 0.2) is 24.8 Å². The van der Waals surface area contributed by atoms with E-state index in [1.165, 1.54) is 12.8 Å². The van der Waals surface area contributed by atoms with Gasteiger partial charge in [0.25, 0.3) is 0 Å². The first kappa shape index (κ1) is 17.9. The van der Waals surface area contributed by atoms with Crippen molar-refractivity contribution in [2.45, 2.75) is 52.1 Å². The summed E-state index contributed by atoms with van der Waals surface area (Å²) < 4.78 is 2.14. The molecule has 0 aromatic carbocycles. The number of nitrogens with zero attached hydrogens (tertiary/aromatic N) is 6. The minimum absolute atomic E-state index is 0.366. The number of anilines is 1. The Bertz CT molecular complexity index is 659. The van der Waals surface area contributed by atoms with E-state index in [9.17, 15) is 0 Å². The third-order valence-electron chi connectivity index (χ3n) is 5.06. The Morgan fingerprint density at radius 3 is 2.64 bits per heavy atom. The molecule has 6 nitrogen and oxygen atoms in total. The summed E-state index contributed by atoms with van der Waals surface area (Å²) in [7, 11) is 2.24. The largest absolute Gasteiger partial charge is 0.356 e. The van der Waals surface area contributed by atoms with Crippen LogP contribution in [-0.4, -0.2) is 57.1 Å². The average molecular weight is 342 g/mol. The molecular formula is C19H30N6. The van der Waals surface area contributed by atoms with E-state index < -0.39 is 0 Å². The van der Waals surface area contributed by atoms with Crippen LogP contribution in [0.2, 0.25) is 0 Å². The van der Waals surface area contributed by atoms with Gasteiger partial charge in [-0.25, -0.2) is 15.0 Å². The van der Waals surface area contributed by atoms with E-state index in [1.807, 2.05) is 18.7 Å². The molecule has 0 bridgehead atoms. The predicted octanol–water partition coefficient (Wildman–Crippen LogP) is 2.71. The molecule has 0 aliphatic carbocycles. The lowest BCUT2D eigenvalue weighted by molar-refractivity contribution is 0.201. The summed E-state index contributed by atoms with van der Waals surface area (Å²) in [5.41, 5.74) is 1.06. The quantitative estimate of drug-likeness (QED) is 0.808. The Balaban J connectivity index is 1.54. The number of likely N-dealkylation sites (N-methyl/N-ethyl adjacent to an activating group) is 1. The molecular weight excluding hydrogens is 312 g/mol. The minimum atomic E-state index is 0.366. The first-order chi connectivity index (χ1) is 12.0. The van der Waals surface area contributed by atoms with E-state index >= 15 is 0 Å². The van der Waals surface area contributed by atoms with Crippen LogP contribution in [0.25, 0.3) is 0 Å². The topological polar surface area (TPSA) is 50.1 Å². The van der Waals surface area contributed by atoms with Crippen LogP contribution >= 0.6 is 0 Å². The van der Waals surface area contributed by atoms with Crippen LogP contribution in [-0.2, 0) is 6.54 Å². The van der Waals surface area contributed by atoms with E-state index in [0.29, 0.717) is 12.0 Å². The predicted molar refractivity (Wildman–Crippen MR) is 101 cm³/mol. The van der Waals surface area contributed by atoms with Gasteiger partial charge in [0, 0.05) is 62.3 Å². The van der Waals surface area contributed by atoms with E-state index in [1.54, 1.807) is 0 Å². The molecule has 136 valence electrons. The molecule has 0 radical (unpaired) electrons. The monoisotopic (exact) mass is 342 g/mol. The maximum Gasteiger partial charge on any atom is 0.133 e. The fourth-order valence-electron chi connectivity index (χ4n) is 3.41. The van der Waals surface area contributed by atoms with Gasteiger partial charge in [0.15, 0.2) is 0 Å². The Hall–Kier alpha value is -1.95. The summed E-state index contributed by atoms with van der Waals surface area (Å²) in [5.74, 6) is 2.41. The van der Waals surface area contributed by atoms with Crippen LogP contribution < -0.4 is 4.90 Å².